The minimum atomic E-state index is -0.539. The zero-order valence-electron chi connectivity index (χ0n) is 23.8. The van der Waals surface area contributed by atoms with Gasteiger partial charge in [0.1, 0.15) is 6.10 Å². The molecule has 0 radical (unpaired) electrons. The molecular formula is C28H41F2N7O2. The predicted molar refractivity (Wildman–Crippen MR) is 149 cm³/mol. The first-order valence-electron chi connectivity index (χ1n) is 13.7. The highest BCUT2D eigenvalue weighted by Crippen LogP contribution is 2.38. The number of amides is 2. The van der Waals surface area contributed by atoms with Gasteiger partial charge in [-0.15, -0.1) is 0 Å². The lowest BCUT2D eigenvalue weighted by atomic mass is 9.77. The molecule has 2 aliphatic rings. The van der Waals surface area contributed by atoms with Gasteiger partial charge in [-0.2, -0.15) is 4.98 Å². The largest absolute Gasteiger partial charge is 0.487 e. The molecule has 2 amide bonds. The van der Waals surface area contributed by atoms with Gasteiger partial charge in [0.2, 0.25) is 5.95 Å². The minimum absolute atomic E-state index is 0.0326. The van der Waals surface area contributed by atoms with Gasteiger partial charge in [0, 0.05) is 61.3 Å². The van der Waals surface area contributed by atoms with Crippen LogP contribution >= 0.6 is 0 Å². The molecular weight excluding hydrogens is 504 g/mol. The topological polar surface area (TPSA) is 94.7 Å². The Morgan fingerprint density at radius 2 is 1.77 bits per heavy atom. The molecule has 1 aromatic heterocycles. The van der Waals surface area contributed by atoms with E-state index < -0.39 is 11.6 Å². The fourth-order valence-corrected chi connectivity index (χ4v) is 5.62. The van der Waals surface area contributed by atoms with Gasteiger partial charge in [-0.05, 0) is 66.6 Å². The molecule has 2 aliphatic heterocycles. The number of aromatic nitrogens is 2. The molecule has 39 heavy (non-hydrogen) atoms. The monoisotopic (exact) mass is 545 g/mol. The van der Waals surface area contributed by atoms with Crippen molar-refractivity contribution in [2.24, 2.45) is 0 Å². The number of likely N-dealkylation sites (tertiary alicyclic amines) is 2. The summed E-state index contributed by atoms with van der Waals surface area (Å²) in [5.74, 6) is -0.637. The van der Waals surface area contributed by atoms with E-state index in [1.165, 1.54) is 6.07 Å². The molecule has 4 rings (SSSR count). The average Bonchev–Trinajstić information content (AvgIpc) is 2.86. The first kappa shape index (κ1) is 28.8. The number of urea groups is 1. The van der Waals surface area contributed by atoms with Gasteiger partial charge in [0.15, 0.2) is 23.2 Å². The zero-order chi connectivity index (χ0) is 28.4. The molecule has 0 atom stereocenters. The smallest absolute Gasteiger partial charge is 0.317 e. The molecule has 2 fully saturated rings. The highest BCUT2D eigenvalue weighted by molar-refractivity contribution is 5.74. The molecule has 1 aromatic carbocycles. The van der Waals surface area contributed by atoms with Crippen LogP contribution in [0.3, 0.4) is 0 Å². The summed E-state index contributed by atoms with van der Waals surface area (Å²) >= 11 is 0. The molecule has 0 spiro atoms. The van der Waals surface area contributed by atoms with Crippen LogP contribution in [-0.2, 0) is 0 Å². The Balaban J connectivity index is 1.37. The number of nitrogens with zero attached hydrogens (tertiary/aromatic N) is 4. The number of piperidine rings is 2. The SMILES string of the molecule is CCNC(=O)N1CCC(Oc2ccc(Nc3ncc(F)c(NC4CC(C)(C)N(C)C(C)(C)C4)n3)cc2F)CC1. The predicted octanol–water partition coefficient (Wildman–Crippen LogP) is 5.13. The maximum atomic E-state index is 14.9. The van der Waals surface area contributed by atoms with Gasteiger partial charge < -0.3 is 25.6 Å². The second-order valence-corrected chi connectivity index (χ2v) is 11.7. The number of hydrogen-bond acceptors (Lipinski definition) is 7. The summed E-state index contributed by atoms with van der Waals surface area (Å²) in [5, 5.41) is 9.03. The molecule has 11 heteroatoms. The van der Waals surface area contributed by atoms with Crippen LogP contribution in [0.2, 0.25) is 0 Å². The summed E-state index contributed by atoms with van der Waals surface area (Å²) in [7, 11) is 2.12. The van der Waals surface area contributed by atoms with Crippen LogP contribution in [0.25, 0.3) is 0 Å². The fourth-order valence-electron chi connectivity index (χ4n) is 5.62. The van der Waals surface area contributed by atoms with Crippen LogP contribution < -0.4 is 20.7 Å². The van der Waals surface area contributed by atoms with Gasteiger partial charge in [-0.25, -0.2) is 18.6 Å². The maximum Gasteiger partial charge on any atom is 0.317 e. The second-order valence-electron chi connectivity index (χ2n) is 11.7. The molecule has 0 unspecified atom stereocenters. The first-order chi connectivity index (χ1) is 18.4. The Kier molecular flexibility index (Phi) is 8.48. The van der Waals surface area contributed by atoms with Crippen molar-refractivity contribution in [3.8, 4) is 5.75 Å². The molecule has 9 nitrogen and oxygen atoms in total. The fraction of sp³-hybridized carbons (Fsp3) is 0.607. The van der Waals surface area contributed by atoms with E-state index in [4.69, 9.17) is 4.74 Å². The van der Waals surface area contributed by atoms with E-state index in [-0.39, 0.29) is 46.8 Å². The van der Waals surface area contributed by atoms with E-state index >= 15 is 0 Å². The number of nitrogens with one attached hydrogen (secondary N) is 3. The highest BCUT2D eigenvalue weighted by Gasteiger charge is 2.43. The number of benzene rings is 1. The van der Waals surface area contributed by atoms with E-state index in [1.807, 2.05) is 6.92 Å². The Labute approximate surface area is 229 Å². The van der Waals surface area contributed by atoms with Crippen molar-refractivity contribution in [3.05, 3.63) is 36.0 Å². The minimum Gasteiger partial charge on any atom is -0.487 e. The summed E-state index contributed by atoms with van der Waals surface area (Å²) in [6.07, 6.45) is 3.85. The van der Waals surface area contributed by atoms with E-state index in [2.05, 4.69) is 65.6 Å². The Morgan fingerprint density at radius 1 is 1.10 bits per heavy atom. The average molecular weight is 546 g/mol. The van der Waals surface area contributed by atoms with Crippen molar-refractivity contribution in [1.29, 1.82) is 0 Å². The third-order valence-corrected chi connectivity index (χ3v) is 7.93. The van der Waals surface area contributed by atoms with Crippen LogP contribution in [0, 0.1) is 11.6 Å². The summed E-state index contributed by atoms with van der Waals surface area (Å²) in [5.41, 5.74) is 0.294. The van der Waals surface area contributed by atoms with Gasteiger partial charge in [-0.3, -0.25) is 4.90 Å². The summed E-state index contributed by atoms with van der Waals surface area (Å²) in [6.45, 7) is 12.3. The van der Waals surface area contributed by atoms with Crippen molar-refractivity contribution in [1.82, 2.24) is 25.1 Å². The summed E-state index contributed by atoms with van der Waals surface area (Å²) in [6, 6.07) is 4.48. The summed E-state index contributed by atoms with van der Waals surface area (Å²) in [4.78, 5) is 24.5. The molecule has 2 saturated heterocycles. The first-order valence-corrected chi connectivity index (χ1v) is 13.7. The maximum absolute atomic E-state index is 14.9. The van der Waals surface area contributed by atoms with Crippen molar-refractivity contribution in [3.63, 3.8) is 0 Å². The third-order valence-electron chi connectivity index (χ3n) is 7.93. The van der Waals surface area contributed by atoms with E-state index in [9.17, 15) is 13.6 Å². The lowest BCUT2D eigenvalue weighted by molar-refractivity contribution is -0.00778. The number of ether oxygens (including phenoxy) is 1. The molecule has 214 valence electrons. The van der Waals surface area contributed by atoms with E-state index in [0.717, 1.165) is 19.0 Å². The van der Waals surface area contributed by atoms with Crippen molar-refractivity contribution in [2.45, 2.75) is 83.5 Å². The van der Waals surface area contributed by atoms with Crippen LogP contribution in [0.15, 0.2) is 24.4 Å². The lowest BCUT2D eigenvalue weighted by Crippen LogP contribution is -2.61. The van der Waals surface area contributed by atoms with Gasteiger partial charge >= 0.3 is 6.03 Å². The Hall–Kier alpha value is -3.21. The van der Waals surface area contributed by atoms with Crippen molar-refractivity contribution >= 4 is 23.5 Å². The van der Waals surface area contributed by atoms with Crippen LogP contribution in [0.1, 0.15) is 60.3 Å². The zero-order valence-corrected chi connectivity index (χ0v) is 23.8. The number of hydrogen-bond donors (Lipinski definition) is 3. The number of halogens is 2. The lowest BCUT2D eigenvalue weighted by Gasteiger charge is -2.53. The normalized spacial score (nSPS) is 19.9. The Morgan fingerprint density at radius 3 is 2.38 bits per heavy atom. The number of rotatable bonds is 7. The highest BCUT2D eigenvalue weighted by atomic mass is 19.1. The number of carbonyl (C=O) groups is 1. The van der Waals surface area contributed by atoms with Gasteiger partial charge in [-0.1, -0.05) is 0 Å². The summed E-state index contributed by atoms with van der Waals surface area (Å²) < 4.78 is 35.4. The second kappa shape index (κ2) is 11.5. The van der Waals surface area contributed by atoms with E-state index in [0.29, 0.717) is 38.2 Å². The third kappa shape index (κ3) is 6.87. The van der Waals surface area contributed by atoms with Crippen molar-refractivity contribution < 1.29 is 18.3 Å². The quantitative estimate of drug-likeness (QED) is 0.444. The van der Waals surface area contributed by atoms with Gasteiger partial charge in [0.05, 0.1) is 6.20 Å². The number of carbonyl (C=O) groups excluding carboxylic acids is 1. The Bertz CT molecular complexity index is 1150. The van der Waals surface area contributed by atoms with E-state index in [1.54, 1.807) is 17.0 Å². The molecule has 0 aliphatic carbocycles. The van der Waals surface area contributed by atoms with Crippen LogP contribution in [0.5, 0.6) is 5.75 Å². The van der Waals surface area contributed by atoms with Crippen molar-refractivity contribution in [2.75, 3.05) is 37.3 Å². The number of anilines is 3. The standard InChI is InChI=1S/C28H41F2N7O2/c1-7-31-26(38)37-12-10-20(11-13-37)39-23-9-8-18(14-21(23)29)34-25-32-17-22(30)24(35-25)33-19-15-27(2,3)36(6)28(4,5)16-19/h8-9,14,17,19-20H,7,10-13,15-16H2,1-6H3,(H,31,38)(H2,32,33,34,35). The molecule has 3 heterocycles. The molecule has 0 bridgehead atoms. The molecule has 0 saturated carbocycles. The molecule has 3 N–H and O–H groups in total. The van der Waals surface area contributed by atoms with Gasteiger partial charge in [0.25, 0.3) is 0 Å². The van der Waals surface area contributed by atoms with Crippen LogP contribution in [0.4, 0.5) is 31.0 Å². The molecule has 2 aromatic rings. The van der Waals surface area contributed by atoms with Crippen LogP contribution in [-0.4, -0.2) is 75.7 Å².